The number of carbonyl (C=O) groups excluding carboxylic acids is 1. The zero-order valence-corrected chi connectivity index (χ0v) is 11.5. The highest BCUT2D eigenvalue weighted by Crippen LogP contribution is 2.23. The van der Waals surface area contributed by atoms with Gasteiger partial charge < -0.3 is 9.64 Å². The van der Waals surface area contributed by atoms with Crippen molar-refractivity contribution in [1.29, 1.82) is 0 Å². The summed E-state index contributed by atoms with van der Waals surface area (Å²) in [6, 6.07) is 0. The van der Waals surface area contributed by atoms with Gasteiger partial charge in [0, 0.05) is 38.8 Å². The molecule has 2 fully saturated rings. The fourth-order valence-corrected chi connectivity index (χ4v) is 2.31. The van der Waals surface area contributed by atoms with Crippen LogP contribution in [0.25, 0.3) is 0 Å². The van der Waals surface area contributed by atoms with Crippen LogP contribution in [0.1, 0.15) is 13.8 Å². The number of rotatable bonds is 4. The molecule has 0 aliphatic carbocycles. The molecule has 1 amide bonds. The molecule has 2 rings (SSSR count). The topological polar surface area (TPSA) is 32.8 Å². The molecule has 0 atom stereocenters. The number of hydrogen-bond donors (Lipinski definition) is 0. The number of amides is 1. The van der Waals surface area contributed by atoms with Gasteiger partial charge in [0.15, 0.2) is 0 Å². The maximum Gasteiger partial charge on any atom is 0.246 e. The van der Waals surface area contributed by atoms with Crippen LogP contribution in [0.4, 0.5) is 0 Å². The lowest BCUT2D eigenvalue weighted by Gasteiger charge is -2.41. The minimum Gasteiger partial charge on any atom is -0.379 e. The Balaban J connectivity index is 1.65. The van der Waals surface area contributed by atoms with Crippen molar-refractivity contribution in [3.05, 3.63) is 12.2 Å². The second kappa shape index (κ2) is 6.34. The first-order valence-corrected chi connectivity index (χ1v) is 6.92. The van der Waals surface area contributed by atoms with E-state index in [0.29, 0.717) is 11.8 Å². The van der Waals surface area contributed by atoms with Gasteiger partial charge in [0.25, 0.3) is 0 Å². The molecule has 0 aromatic rings. The maximum atomic E-state index is 11.8. The first-order chi connectivity index (χ1) is 8.66. The van der Waals surface area contributed by atoms with E-state index in [4.69, 9.17) is 4.74 Å². The molecule has 2 aliphatic heterocycles. The highest BCUT2D eigenvalue weighted by molar-refractivity contribution is 5.88. The number of ether oxygens (including phenoxy) is 1. The molecular formula is C14H24N2O2. The SMILES string of the molecule is CC(C)C1CN(C(=O)/C=C/CN2CCOCC2)C1. The standard InChI is InChI=1S/C14H24N2O2/c1-12(2)13-10-16(11-13)14(17)4-3-5-15-6-8-18-9-7-15/h3-4,12-13H,5-11H2,1-2H3/b4-3+. The number of morpholine rings is 1. The van der Waals surface area contributed by atoms with Crippen LogP contribution in [0, 0.1) is 11.8 Å². The summed E-state index contributed by atoms with van der Waals surface area (Å²) in [7, 11) is 0. The first kappa shape index (κ1) is 13.6. The lowest BCUT2D eigenvalue weighted by atomic mass is 9.88. The van der Waals surface area contributed by atoms with Gasteiger partial charge in [-0.15, -0.1) is 0 Å². The van der Waals surface area contributed by atoms with Crippen LogP contribution in [0.15, 0.2) is 12.2 Å². The highest BCUT2D eigenvalue weighted by Gasteiger charge is 2.31. The van der Waals surface area contributed by atoms with Crippen LogP contribution in [-0.4, -0.2) is 61.6 Å². The van der Waals surface area contributed by atoms with E-state index in [0.717, 1.165) is 45.9 Å². The normalized spacial score (nSPS) is 22.7. The van der Waals surface area contributed by atoms with Crippen molar-refractivity contribution in [2.24, 2.45) is 11.8 Å². The predicted octanol–water partition coefficient (Wildman–Crippen LogP) is 0.989. The lowest BCUT2D eigenvalue weighted by molar-refractivity contribution is -0.133. The van der Waals surface area contributed by atoms with Crippen molar-refractivity contribution in [3.63, 3.8) is 0 Å². The van der Waals surface area contributed by atoms with Gasteiger partial charge in [-0.25, -0.2) is 0 Å². The average Bonchev–Trinajstić information content (AvgIpc) is 2.28. The smallest absolute Gasteiger partial charge is 0.246 e. The largest absolute Gasteiger partial charge is 0.379 e. The molecule has 2 heterocycles. The molecule has 0 bridgehead atoms. The van der Waals surface area contributed by atoms with Crippen LogP contribution < -0.4 is 0 Å². The minimum atomic E-state index is 0.167. The van der Waals surface area contributed by atoms with E-state index < -0.39 is 0 Å². The Morgan fingerprint density at radius 1 is 1.33 bits per heavy atom. The third-order valence-corrected chi connectivity index (χ3v) is 3.89. The van der Waals surface area contributed by atoms with E-state index in [2.05, 4.69) is 18.7 Å². The van der Waals surface area contributed by atoms with Gasteiger partial charge in [-0.3, -0.25) is 9.69 Å². The Morgan fingerprint density at radius 2 is 2.00 bits per heavy atom. The zero-order valence-electron chi connectivity index (χ0n) is 11.5. The fourth-order valence-electron chi connectivity index (χ4n) is 2.31. The summed E-state index contributed by atoms with van der Waals surface area (Å²) in [6.07, 6.45) is 3.71. The molecule has 2 aliphatic rings. The van der Waals surface area contributed by atoms with Gasteiger partial charge in [0.2, 0.25) is 5.91 Å². The van der Waals surface area contributed by atoms with E-state index >= 15 is 0 Å². The molecule has 0 N–H and O–H groups in total. The number of carbonyl (C=O) groups is 1. The monoisotopic (exact) mass is 252 g/mol. The van der Waals surface area contributed by atoms with Crippen molar-refractivity contribution >= 4 is 5.91 Å². The summed E-state index contributed by atoms with van der Waals surface area (Å²) >= 11 is 0. The van der Waals surface area contributed by atoms with Crippen molar-refractivity contribution in [3.8, 4) is 0 Å². The van der Waals surface area contributed by atoms with Crippen molar-refractivity contribution in [1.82, 2.24) is 9.80 Å². The third-order valence-electron chi connectivity index (χ3n) is 3.89. The number of hydrogen-bond acceptors (Lipinski definition) is 3. The Hall–Kier alpha value is -0.870. The van der Waals surface area contributed by atoms with E-state index in [1.165, 1.54) is 0 Å². The summed E-state index contributed by atoms with van der Waals surface area (Å²) in [5, 5.41) is 0. The first-order valence-electron chi connectivity index (χ1n) is 6.92. The molecule has 102 valence electrons. The molecule has 2 saturated heterocycles. The highest BCUT2D eigenvalue weighted by atomic mass is 16.5. The molecule has 4 nitrogen and oxygen atoms in total. The van der Waals surface area contributed by atoms with Gasteiger partial charge in [0.1, 0.15) is 0 Å². The minimum absolute atomic E-state index is 0.167. The lowest BCUT2D eigenvalue weighted by Crippen LogP contribution is -2.51. The molecule has 0 aromatic heterocycles. The van der Waals surface area contributed by atoms with Crippen molar-refractivity contribution in [2.75, 3.05) is 45.9 Å². The summed E-state index contributed by atoms with van der Waals surface area (Å²) in [6.45, 7) is 10.7. The fraction of sp³-hybridized carbons (Fsp3) is 0.786. The second-order valence-corrected chi connectivity index (χ2v) is 5.56. The van der Waals surface area contributed by atoms with Crippen LogP contribution in [0.5, 0.6) is 0 Å². The van der Waals surface area contributed by atoms with Gasteiger partial charge in [-0.2, -0.15) is 0 Å². The van der Waals surface area contributed by atoms with Gasteiger partial charge >= 0.3 is 0 Å². The van der Waals surface area contributed by atoms with Crippen LogP contribution in [0.2, 0.25) is 0 Å². The van der Waals surface area contributed by atoms with Crippen LogP contribution >= 0.6 is 0 Å². The van der Waals surface area contributed by atoms with Gasteiger partial charge in [0.05, 0.1) is 13.2 Å². The molecule has 4 heteroatoms. The maximum absolute atomic E-state index is 11.8. The van der Waals surface area contributed by atoms with E-state index in [-0.39, 0.29) is 5.91 Å². The van der Waals surface area contributed by atoms with E-state index in [9.17, 15) is 4.79 Å². The molecule has 0 saturated carbocycles. The quantitative estimate of drug-likeness (QED) is 0.700. The second-order valence-electron chi connectivity index (χ2n) is 5.56. The summed E-state index contributed by atoms with van der Waals surface area (Å²) in [4.78, 5) is 16.1. The summed E-state index contributed by atoms with van der Waals surface area (Å²) in [5.41, 5.74) is 0. The van der Waals surface area contributed by atoms with E-state index in [1.807, 2.05) is 11.0 Å². The third kappa shape index (κ3) is 3.56. The number of nitrogens with zero attached hydrogens (tertiary/aromatic N) is 2. The molecule has 0 spiro atoms. The molecule has 0 radical (unpaired) electrons. The number of likely N-dealkylation sites (tertiary alicyclic amines) is 1. The Labute approximate surface area is 110 Å². The van der Waals surface area contributed by atoms with Gasteiger partial charge in [-0.05, 0) is 11.8 Å². The van der Waals surface area contributed by atoms with Crippen LogP contribution in [-0.2, 0) is 9.53 Å². The molecule has 0 aromatic carbocycles. The molecular weight excluding hydrogens is 228 g/mol. The Kier molecular flexibility index (Phi) is 4.78. The van der Waals surface area contributed by atoms with E-state index in [1.54, 1.807) is 6.08 Å². The van der Waals surface area contributed by atoms with Gasteiger partial charge in [-0.1, -0.05) is 19.9 Å². The predicted molar refractivity (Wildman–Crippen MR) is 71.3 cm³/mol. The molecule has 18 heavy (non-hydrogen) atoms. The Morgan fingerprint density at radius 3 is 2.61 bits per heavy atom. The van der Waals surface area contributed by atoms with Crippen LogP contribution in [0.3, 0.4) is 0 Å². The molecule has 0 unspecified atom stereocenters. The Bertz CT molecular complexity index is 303. The average molecular weight is 252 g/mol. The van der Waals surface area contributed by atoms with Crippen molar-refractivity contribution < 1.29 is 9.53 Å². The summed E-state index contributed by atoms with van der Waals surface area (Å²) < 4.78 is 5.29. The van der Waals surface area contributed by atoms with Crippen molar-refractivity contribution in [2.45, 2.75) is 13.8 Å². The zero-order chi connectivity index (χ0) is 13.0. The summed E-state index contributed by atoms with van der Waals surface area (Å²) in [5.74, 6) is 1.55.